The van der Waals surface area contributed by atoms with E-state index in [-0.39, 0.29) is 0 Å². The maximum absolute atomic E-state index is 5.48. The highest BCUT2D eigenvalue weighted by Gasteiger charge is 2.36. The van der Waals surface area contributed by atoms with Gasteiger partial charge in [-0.3, -0.25) is 0 Å². The minimum Gasteiger partial charge on any atom is -0.497 e. The van der Waals surface area contributed by atoms with Crippen molar-refractivity contribution in [3.63, 3.8) is 0 Å². The number of nitrogens with one attached hydrogen (secondary N) is 1. The first-order valence-corrected chi connectivity index (χ1v) is 9.17. The zero-order chi connectivity index (χ0) is 15.5. The summed E-state index contributed by atoms with van der Waals surface area (Å²) >= 11 is 0. The van der Waals surface area contributed by atoms with Crippen molar-refractivity contribution in [2.75, 3.05) is 13.7 Å². The van der Waals surface area contributed by atoms with Crippen LogP contribution in [0.15, 0.2) is 18.2 Å². The van der Waals surface area contributed by atoms with Gasteiger partial charge >= 0.3 is 0 Å². The second kappa shape index (κ2) is 7.04. The predicted molar refractivity (Wildman–Crippen MR) is 92.6 cm³/mol. The summed E-state index contributed by atoms with van der Waals surface area (Å²) in [5.74, 6) is 3.38. The lowest BCUT2D eigenvalue weighted by molar-refractivity contribution is 0.263. The van der Waals surface area contributed by atoms with Crippen LogP contribution >= 0.6 is 0 Å². The van der Waals surface area contributed by atoms with Gasteiger partial charge in [0.2, 0.25) is 0 Å². The van der Waals surface area contributed by atoms with Crippen LogP contribution in [0.5, 0.6) is 5.75 Å². The number of benzene rings is 1. The lowest BCUT2D eigenvalue weighted by atomic mass is 9.70. The van der Waals surface area contributed by atoms with E-state index in [0.29, 0.717) is 12.0 Å². The Hall–Kier alpha value is -1.02. The van der Waals surface area contributed by atoms with Gasteiger partial charge in [0, 0.05) is 6.04 Å². The molecule has 0 amide bonds. The van der Waals surface area contributed by atoms with Crippen LogP contribution in [-0.2, 0) is 6.42 Å². The Morgan fingerprint density at radius 1 is 1.23 bits per heavy atom. The SMILES string of the molecule is CCCC1c2cc(OC)ccc2CC(CC)C1NCC1CC1. The molecule has 0 heterocycles. The molecule has 2 nitrogen and oxygen atoms in total. The smallest absolute Gasteiger partial charge is 0.119 e. The summed E-state index contributed by atoms with van der Waals surface area (Å²) in [6.07, 6.45) is 7.88. The number of hydrogen-bond donors (Lipinski definition) is 1. The third-order valence-electron chi connectivity index (χ3n) is 5.64. The van der Waals surface area contributed by atoms with Crippen LogP contribution in [0.1, 0.15) is 63.0 Å². The molecule has 3 unspecified atom stereocenters. The van der Waals surface area contributed by atoms with Crippen LogP contribution in [-0.4, -0.2) is 19.7 Å². The van der Waals surface area contributed by atoms with Crippen LogP contribution in [0, 0.1) is 11.8 Å². The van der Waals surface area contributed by atoms with Crippen LogP contribution in [0.25, 0.3) is 0 Å². The van der Waals surface area contributed by atoms with E-state index < -0.39 is 0 Å². The van der Waals surface area contributed by atoms with Crippen LogP contribution in [0.3, 0.4) is 0 Å². The number of fused-ring (bicyclic) bond motifs is 1. The summed E-state index contributed by atoms with van der Waals surface area (Å²) < 4.78 is 5.48. The molecule has 22 heavy (non-hydrogen) atoms. The number of hydrogen-bond acceptors (Lipinski definition) is 2. The van der Waals surface area contributed by atoms with E-state index in [2.05, 4.69) is 37.4 Å². The van der Waals surface area contributed by atoms with E-state index in [1.54, 1.807) is 18.2 Å². The van der Waals surface area contributed by atoms with E-state index in [1.165, 1.54) is 45.1 Å². The van der Waals surface area contributed by atoms with Gasteiger partial charge in [-0.2, -0.15) is 0 Å². The third-order valence-corrected chi connectivity index (χ3v) is 5.64. The standard InChI is InChI=1S/C20H31NO/c1-4-6-18-19-12-17(22-3)10-9-16(19)11-15(5-2)20(18)21-13-14-7-8-14/h9-10,12,14-15,18,20-21H,4-8,11,13H2,1-3H3. The lowest BCUT2D eigenvalue weighted by Crippen LogP contribution is -2.45. The Kier molecular flexibility index (Phi) is 5.07. The Morgan fingerprint density at radius 3 is 2.68 bits per heavy atom. The summed E-state index contributed by atoms with van der Waals surface area (Å²) in [5, 5.41) is 3.96. The van der Waals surface area contributed by atoms with E-state index in [1.807, 2.05) is 0 Å². The molecule has 0 spiro atoms. The molecule has 0 bridgehead atoms. The van der Waals surface area contributed by atoms with Gasteiger partial charge in [0.15, 0.2) is 0 Å². The molecule has 3 atom stereocenters. The molecule has 0 radical (unpaired) electrons. The van der Waals surface area contributed by atoms with Gasteiger partial charge < -0.3 is 10.1 Å². The zero-order valence-corrected chi connectivity index (χ0v) is 14.4. The highest BCUT2D eigenvalue weighted by Crippen LogP contribution is 2.41. The first-order chi connectivity index (χ1) is 10.8. The normalized spacial score (nSPS) is 27.5. The Labute approximate surface area is 135 Å². The van der Waals surface area contributed by atoms with Gasteiger partial charge in [-0.15, -0.1) is 0 Å². The fourth-order valence-corrected chi connectivity index (χ4v) is 4.14. The fourth-order valence-electron chi connectivity index (χ4n) is 4.14. The highest BCUT2D eigenvalue weighted by atomic mass is 16.5. The summed E-state index contributed by atoms with van der Waals surface area (Å²) in [6, 6.07) is 7.38. The second-order valence-corrected chi connectivity index (χ2v) is 7.21. The van der Waals surface area contributed by atoms with Gasteiger partial charge in [0.1, 0.15) is 5.75 Å². The molecular formula is C20H31NO. The van der Waals surface area contributed by atoms with Crippen molar-refractivity contribution >= 4 is 0 Å². The summed E-state index contributed by atoms with van der Waals surface area (Å²) in [7, 11) is 1.77. The first-order valence-electron chi connectivity index (χ1n) is 9.17. The highest BCUT2D eigenvalue weighted by molar-refractivity contribution is 5.41. The minimum atomic E-state index is 0.644. The van der Waals surface area contributed by atoms with Crippen molar-refractivity contribution in [3.05, 3.63) is 29.3 Å². The third kappa shape index (κ3) is 3.32. The zero-order valence-electron chi connectivity index (χ0n) is 14.4. The maximum atomic E-state index is 5.48. The van der Waals surface area contributed by atoms with Crippen LogP contribution in [0.4, 0.5) is 0 Å². The number of rotatable bonds is 7. The average molecular weight is 301 g/mol. The Morgan fingerprint density at radius 2 is 2.05 bits per heavy atom. The minimum absolute atomic E-state index is 0.644. The lowest BCUT2D eigenvalue weighted by Gasteiger charge is -2.40. The van der Waals surface area contributed by atoms with Crippen molar-refractivity contribution in [1.29, 1.82) is 0 Å². The van der Waals surface area contributed by atoms with Gasteiger partial charge in [-0.25, -0.2) is 0 Å². The van der Waals surface area contributed by atoms with E-state index >= 15 is 0 Å². The van der Waals surface area contributed by atoms with Crippen molar-refractivity contribution in [1.82, 2.24) is 5.32 Å². The summed E-state index contributed by atoms with van der Waals surface area (Å²) in [6.45, 7) is 5.89. The molecule has 2 aliphatic rings. The topological polar surface area (TPSA) is 21.3 Å². The maximum Gasteiger partial charge on any atom is 0.119 e. The molecule has 0 saturated heterocycles. The molecule has 1 fully saturated rings. The number of ether oxygens (including phenoxy) is 1. The van der Waals surface area contributed by atoms with E-state index in [4.69, 9.17) is 4.74 Å². The molecule has 1 aromatic rings. The Balaban J connectivity index is 1.88. The molecule has 1 N–H and O–H groups in total. The van der Waals surface area contributed by atoms with E-state index in [0.717, 1.165) is 17.6 Å². The van der Waals surface area contributed by atoms with Crippen molar-refractivity contribution in [3.8, 4) is 5.75 Å². The molecule has 2 heteroatoms. The largest absolute Gasteiger partial charge is 0.497 e. The van der Waals surface area contributed by atoms with Crippen molar-refractivity contribution in [2.45, 2.75) is 64.3 Å². The van der Waals surface area contributed by atoms with Gasteiger partial charge in [-0.1, -0.05) is 32.8 Å². The van der Waals surface area contributed by atoms with E-state index in [9.17, 15) is 0 Å². The molecule has 1 saturated carbocycles. The van der Waals surface area contributed by atoms with Gasteiger partial charge in [0.05, 0.1) is 7.11 Å². The predicted octanol–water partition coefficient (Wildman–Crippen LogP) is 4.53. The molecule has 0 aromatic heterocycles. The number of methoxy groups -OCH3 is 1. The fraction of sp³-hybridized carbons (Fsp3) is 0.700. The average Bonchev–Trinajstić information content (AvgIpc) is 3.37. The van der Waals surface area contributed by atoms with Crippen LogP contribution in [0.2, 0.25) is 0 Å². The quantitative estimate of drug-likeness (QED) is 0.799. The molecule has 2 aliphatic carbocycles. The first kappa shape index (κ1) is 15.9. The Bertz CT molecular complexity index is 494. The molecule has 3 rings (SSSR count). The summed E-state index contributed by atoms with van der Waals surface area (Å²) in [5.41, 5.74) is 3.09. The summed E-state index contributed by atoms with van der Waals surface area (Å²) in [4.78, 5) is 0. The molecular weight excluding hydrogens is 270 g/mol. The van der Waals surface area contributed by atoms with Crippen molar-refractivity contribution < 1.29 is 4.74 Å². The molecule has 122 valence electrons. The van der Waals surface area contributed by atoms with Crippen LogP contribution < -0.4 is 10.1 Å². The van der Waals surface area contributed by atoms with Crippen molar-refractivity contribution in [2.24, 2.45) is 11.8 Å². The molecule has 1 aromatic carbocycles. The second-order valence-electron chi connectivity index (χ2n) is 7.21. The van der Waals surface area contributed by atoms with Gasteiger partial charge in [-0.05, 0) is 73.2 Å². The van der Waals surface area contributed by atoms with Gasteiger partial charge in [0.25, 0.3) is 0 Å². The molecule has 0 aliphatic heterocycles. The monoisotopic (exact) mass is 301 g/mol.